The molecule has 2 heterocycles. The Balaban J connectivity index is 2.01. The molecule has 0 bridgehead atoms. The Morgan fingerprint density at radius 3 is 2.37 bits per heavy atom. The molecule has 1 atom stereocenters. The van der Waals surface area contributed by atoms with Gasteiger partial charge < -0.3 is 9.67 Å². The highest BCUT2D eigenvalue weighted by Gasteiger charge is 2.41. The number of aromatic nitrogens is 2. The summed E-state index contributed by atoms with van der Waals surface area (Å²) in [6, 6.07) is 8.51. The largest absolute Gasteiger partial charge is 0.418 e. The molecule has 3 rings (SSSR count). The van der Waals surface area contributed by atoms with Crippen LogP contribution < -0.4 is 0 Å². The van der Waals surface area contributed by atoms with Crippen LogP contribution in [0, 0.1) is 27.3 Å². The lowest BCUT2D eigenvalue weighted by Crippen LogP contribution is -2.21. The number of aliphatic hydroxyl groups is 1. The van der Waals surface area contributed by atoms with Crippen LogP contribution in [0.3, 0.4) is 0 Å². The van der Waals surface area contributed by atoms with Gasteiger partial charge in [0.15, 0.2) is 11.8 Å². The lowest BCUT2D eigenvalue weighted by molar-refractivity contribution is -0.206. The van der Waals surface area contributed by atoms with Crippen molar-refractivity contribution in [3.05, 3.63) is 81.2 Å². The molecule has 0 spiro atoms. The second kappa shape index (κ2) is 8.13. The van der Waals surface area contributed by atoms with E-state index in [4.69, 9.17) is 18.2 Å². The van der Waals surface area contributed by atoms with Gasteiger partial charge in [0, 0.05) is 35.3 Å². The molecule has 0 aliphatic rings. The van der Waals surface area contributed by atoms with Crippen molar-refractivity contribution in [3.63, 3.8) is 0 Å². The van der Waals surface area contributed by atoms with Crippen molar-refractivity contribution in [2.45, 2.75) is 39.6 Å². The molecule has 0 aliphatic heterocycles. The molecule has 0 radical (unpaired) electrons. The Hall–Kier alpha value is -2.82. The average molecular weight is 434 g/mol. The Bertz CT molecular complexity index is 1130. The maximum atomic E-state index is 12.9. The van der Waals surface area contributed by atoms with Crippen LogP contribution in [0.2, 0.25) is 5.15 Å². The van der Waals surface area contributed by atoms with Gasteiger partial charge in [0.2, 0.25) is 0 Å². The number of benzene rings is 1. The van der Waals surface area contributed by atoms with Crippen LogP contribution in [-0.4, -0.2) is 20.8 Å². The average Bonchev–Trinajstić information content (AvgIpc) is 2.91. The fraction of sp³-hybridized carbons (Fsp3) is 0.273. The number of nitrogens with zero attached hydrogens (tertiary/aromatic N) is 3. The Morgan fingerprint density at radius 1 is 1.17 bits per heavy atom. The number of halogens is 4. The molecule has 0 saturated carbocycles. The zero-order valence-electron chi connectivity index (χ0n) is 16.5. The molecular weight excluding hydrogens is 415 g/mol. The summed E-state index contributed by atoms with van der Waals surface area (Å²) in [4.78, 5) is 7.24. The molecule has 8 heteroatoms. The molecule has 0 fully saturated rings. The van der Waals surface area contributed by atoms with Crippen LogP contribution in [0.5, 0.6) is 0 Å². The minimum absolute atomic E-state index is 0.278. The van der Waals surface area contributed by atoms with Crippen molar-refractivity contribution < 1.29 is 18.3 Å². The summed E-state index contributed by atoms with van der Waals surface area (Å²) in [5.41, 5.74) is 5.50. The summed E-state index contributed by atoms with van der Waals surface area (Å²) in [7, 11) is 0. The van der Waals surface area contributed by atoms with E-state index in [0.717, 1.165) is 28.1 Å². The smallest absolute Gasteiger partial charge is 0.379 e. The van der Waals surface area contributed by atoms with Crippen molar-refractivity contribution >= 4 is 17.3 Å². The summed E-state index contributed by atoms with van der Waals surface area (Å²) in [5.74, 6) is 0. The molecule has 0 amide bonds. The van der Waals surface area contributed by atoms with Crippen molar-refractivity contribution in [2.24, 2.45) is 0 Å². The van der Waals surface area contributed by atoms with Crippen LogP contribution in [0.1, 0.15) is 34.2 Å². The molecule has 1 aromatic carbocycles. The minimum Gasteiger partial charge on any atom is -0.379 e. The molecule has 3 aromatic rings. The molecule has 1 unspecified atom stereocenters. The van der Waals surface area contributed by atoms with Gasteiger partial charge in [-0.15, -0.1) is 0 Å². The maximum Gasteiger partial charge on any atom is 0.418 e. The van der Waals surface area contributed by atoms with E-state index in [-0.39, 0.29) is 11.7 Å². The van der Waals surface area contributed by atoms with Crippen molar-refractivity contribution in [1.29, 1.82) is 0 Å². The number of hydrogen-bond acceptors (Lipinski definition) is 2. The van der Waals surface area contributed by atoms with E-state index in [0.29, 0.717) is 11.3 Å². The summed E-state index contributed by atoms with van der Waals surface area (Å²) in [6.07, 6.45) is -6.11. The number of hydrogen-bond donors (Lipinski definition) is 1. The van der Waals surface area contributed by atoms with Crippen LogP contribution in [0.25, 0.3) is 16.0 Å². The molecule has 156 valence electrons. The molecule has 0 aliphatic carbocycles. The van der Waals surface area contributed by atoms with Gasteiger partial charge in [0.25, 0.3) is 0 Å². The molecule has 4 nitrogen and oxygen atoms in total. The van der Waals surface area contributed by atoms with Gasteiger partial charge in [-0.2, -0.15) is 13.2 Å². The highest BCUT2D eigenvalue weighted by molar-refractivity contribution is 6.30. The molecule has 0 saturated heterocycles. The van der Waals surface area contributed by atoms with Gasteiger partial charge in [0.05, 0.1) is 6.57 Å². The van der Waals surface area contributed by atoms with E-state index in [1.165, 1.54) is 12.3 Å². The second-order valence-electron chi connectivity index (χ2n) is 7.08. The summed E-state index contributed by atoms with van der Waals surface area (Å²) in [5, 5.41) is 9.23. The van der Waals surface area contributed by atoms with E-state index in [9.17, 15) is 18.3 Å². The van der Waals surface area contributed by atoms with Gasteiger partial charge >= 0.3 is 6.18 Å². The van der Waals surface area contributed by atoms with E-state index >= 15 is 0 Å². The monoisotopic (exact) mass is 433 g/mol. The van der Waals surface area contributed by atoms with Gasteiger partial charge in [-0.05, 0) is 43.5 Å². The second-order valence-corrected chi connectivity index (χ2v) is 7.44. The van der Waals surface area contributed by atoms with Gasteiger partial charge in [-0.25, -0.2) is 9.83 Å². The zero-order valence-corrected chi connectivity index (χ0v) is 17.3. The third-order valence-corrected chi connectivity index (χ3v) is 5.56. The third-order valence-electron chi connectivity index (χ3n) is 5.24. The van der Waals surface area contributed by atoms with E-state index in [2.05, 4.69) is 9.83 Å². The number of alkyl halides is 3. The molecule has 2 aromatic heterocycles. The van der Waals surface area contributed by atoms with Gasteiger partial charge in [-0.3, -0.25) is 0 Å². The first-order chi connectivity index (χ1) is 14.0. The van der Waals surface area contributed by atoms with Crippen molar-refractivity contribution in [3.8, 4) is 11.1 Å². The summed E-state index contributed by atoms with van der Waals surface area (Å²) < 4.78 is 40.8. The SMILES string of the molecule is [C-]#[N+]c1ccc(-c2c(C)c(C)n(Cc3cnc(Cl)c(C(O)C(F)(F)F)c3)c2C)cc1. The fourth-order valence-electron chi connectivity index (χ4n) is 3.55. The Morgan fingerprint density at radius 2 is 1.80 bits per heavy atom. The normalized spacial score (nSPS) is 12.6. The minimum atomic E-state index is -4.83. The predicted octanol–water partition coefficient (Wildman–Crippen LogP) is 6.32. The highest BCUT2D eigenvalue weighted by Crippen LogP contribution is 2.36. The number of aliphatic hydroxyl groups excluding tert-OH is 1. The first-order valence-electron chi connectivity index (χ1n) is 9.07. The zero-order chi connectivity index (χ0) is 22.2. The molecule has 30 heavy (non-hydrogen) atoms. The van der Waals surface area contributed by atoms with Crippen LogP contribution in [0.4, 0.5) is 18.9 Å². The lowest BCUT2D eigenvalue weighted by atomic mass is 10.0. The third kappa shape index (κ3) is 4.07. The molecule has 1 N–H and O–H groups in total. The van der Waals surface area contributed by atoms with E-state index in [1.807, 2.05) is 37.5 Å². The number of pyridine rings is 1. The Kier molecular flexibility index (Phi) is 5.93. The van der Waals surface area contributed by atoms with Crippen LogP contribution >= 0.6 is 11.6 Å². The quantitative estimate of drug-likeness (QED) is 0.386. The van der Waals surface area contributed by atoms with Gasteiger partial charge in [0.1, 0.15) is 5.15 Å². The molecular formula is C22H19ClF3N3O. The van der Waals surface area contributed by atoms with E-state index in [1.54, 1.807) is 12.1 Å². The highest BCUT2D eigenvalue weighted by atomic mass is 35.5. The lowest BCUT2D eigenvalue weighted by Gasteiger charge is -2.17. The van der Waals surface area contributed by atoms with Crippen LogP contribution in [-0.2, 0) is 6.54 Å². The maximum absolute atomic E-state index is 12.9. The first-order valence-corrected chi connectivity index (χ1v) is 9.45. The number of rotatable bonds is 4. The topological polar surface area (TPSA) is 42.4 Å². The predicted molar refractivity (Wildman–Crippen MR) is 110 cm³/mol. The summed E-state index contributed by atoms with van der Waals surface area (Å²) in [6.45, 7) is 13.2. The van der Waals surface area contributed by atoms with Crippen LogP contribution in [0.15, 0.2) is 36.5 Å². The fourth-order valence-corrected chi connectivity index (χ4v) is 3.76. The first kappa shape index (κ1) is 21.9. The van der Waals surface area contributed by atoms with Crippen molar-refractivity contribution in [2.75, 3.05) is 0 Å². The standard InChI is InChI=1S/C22H19ClF3N3O/c1-12-13(2)29(14(3)19(12)16-5-7-17(27-4)8-6-16)11-15-9-18(21(23)28-10-15)20(30)22(24,25)26/h5-10,20,30H,11H2,1-3H3. The summed E-state index contributed by atoms with van der Waals surface area (Å²) >= 11 is 5.80. The van der Waals surface area contributed by atoms with Crippen molar-refractivity contribution in [1.82, 2.24) is 9.55 Å². The Labute approximate surface area is 177 Å². The van der Waals surface area contributed by atoms with Gasteiger partial charge in [-0.1, -0.05) is 35.9 Å². The van der Waals surface area contributed by atoms with E-state index < -0.39 is 17.8 Å².